The molecule has 0 spiro atoms. The third-order valence-corrected chi connectivity index (χ3v) is 3.65. The van der Waals surface area contributed by atoms with Gasteiger partial charge in [-0.2, -0.15) is 5.26 Å². The van der Waals surface area contributed by atoms with Gasteiger partial charge in [0.2, 0.25) is 0 Å². The Kier molecular flexibility index (Phi) is 6.34. The van der Waals surface area contributed by atoms with E-state index >= 15 is 0 Å². The van der Waals surface area contributed by atoms with Gasteiger partial charge in [-0.05, 0) is 30.7 Å². The molecule has 0 aliphatic rings. The number of rotatable bonds is 7. The van der Waals surface area contributed by atoms with Gasteiger partial charge in [0.25, 0.3) is 0 Å². The lowest BCUT2D eigenvalue weighted by Gasteiger charge is -2.05. The Balaban J connectivity index is 2.26. The molecule has 0 heterocycles. The van der Waals surface area contributed by atoms with E-state index in [1.54, 1.807) is 24.3 Å². The van der Waals surface area contributed by atoms with Crippen molar-refractivity contribution in [3.63, 3.8) is 0 Å². The maximum absolute atomic E-state index is 11.5. The predicted molar refractivity (Wildman–Crippen MR) is 69.4 cm³/mol. The lowest BCUT2D eigenvalue weighted by molar-refractivity contribution is 0.342. The molecule has 0 aliphatic carbocycles. The van der Waals surface area contributed by atoms with Crippen molar-refractivity contribution in [2.45, 2.75) is 19.8 Å². The Morgan fingerprint density at radius 3 is 2.59 bits per heavy atom. The van der Waals surface area contributed by atoms with E-state index in [-0.39, 0.29) is 0 Å². The highest BCUT2D eigenvalue weighted by molar-refractivity contribution is 7.84. The van der Waals surface area contributed by atoms with Crippen molar-refractivity contribution < 1.29 is 8.95 Å². The van der Waals surface area contributed by atoms with Gasteiger partial charge < -0.3 is 4.74 Å². The summed E-state index contributed by atoms with van der Waals surface area (Å²) in [5.41, 5.74) is 0.615. The SMILES string of the molecule is CCCCS(=O)CCOc1ccc(C#N)cc1. The van der Waals surface area contributed by atoms with Gasteiger partial charge in [-0.3, -0.25) is 4.21 Å². The van der Waals surface area contributed by atoms with Crippen LogP contribution in [0.3, 0.4) is 0 Å². The van der Waals surface area contributed by atoms with E-state index in [1.807, 2.05) is 6.07 Å². The fourth-order valence-corrected chi connectivity index (χ4v) is 2.37. The second-order valence-corrected chi connectivity index (χ2v) is 5.38. The minimum absolute atomic E-state index is 0.461. The van der Waals surface area contributed by atoms with Crippen molar-refractivity contribution in [1.82, 2.24) is 0 Å². The Morgan fingerprint density at radius 1 is 1.29 bits per heavy atom. The zero-order valence-corrected chi connectivity index (χ0v) is 10.8. The van der Waals surface area contributed by atoms with Gasteiger partial charge in [0.15, 0.2) is 0 Å². The summed E-state index contributed by atoms with van der Waals surface area (Å²) in [6.45, 7) is 2.55. The third kappa shape index (κ3) is 5.50. The van der Waals surface area contributed by atoms with Crippen molar-refractivity contribution in [1.29, 1.82) is 5.26 Å². The summed E-state index contributed by atoms with van der Waals surface area (Å²) in [4.78, 5) is 0. The summed E-state index contributed by atoms with van der Waals surface area (Å²) in [5.74, 6) is 2.05. The van der Waals surface area contributed by atoms with Gasteiger partial charge in [0.05, 0.1) is 24.0 Å². The highest BCUT2D eigenvalue weighted by Crippen LogP contribution is 2.11. The monoisotopic (exact) mass is 251 g/mol. The summed E-state index contributed by atoms with van der Waals surface area (Å²) in [7, 11) is -0.777. The molecular formula is C13H17NO2S. The van der Waals surface area contributed by atoms with E-state index in [2.05, 4.69) is 6.92 Å². The van der Waals surface area contributed by atoms with Crippen molar-refractivity contribution in [2.75, 3.05) is 18.1 Å². The summed E-state index contributed by atoms with van der Waals surface area (Å²) in [6.07, 6.45) is 2.08. The first-order valence-corrected chi connectivity index (χ1v) is 7.23. The van der Waals surface area contributed by atoms with E-state index in [9.17, 15) is 4.21 Å². The van der Waals surface area contributed by atoms with Crippen molar-refractivity contribution >= 4 is 10.8 Å². The van der Waals surface area contributed by atoms with Crippen molar-refractivity contribution in [3.8, 4) is 11.8 Å². The highest BCUT2D eigenvalue weighted by Gasteiger charge is 2.00. The first-order chi connectivity index (χ1) is 8.26. The van der Waals surface area contributed by atoms with Gasteiger partial charge in [-0.1, -0.05) is 13.3 Å². The molecule has 3 nitrogen and oxygen atoms in total. The molecule has 17 heavy (non-hydrogen) atoms. The molecule has 0 saturated carbocycles. The van der Waals surface area contributed by atoms with Gasteiger partial charge in [-0.15, -0.1) is 0 Å². The lowest BCUT2D eigenvalue weighted by atomic mass is 10.2. The normalized spacial score (nSPS) is 11.8. The van der Waals surface area contributed by atoms with Gasteiger partial charge in [0.1, 0.15) is 5.75 Å². The average molecular weight is 251 g/mol. The molecule has 1 rings (SSSR count). The average Bonchev–Trinajstić information content (AvgIpc) is 2.37. The van der Waals surface area contributed by atoms with Crippen LogP contribution in [-0.4, -0.2) is 22.3 Å². The fraction of sp³-hybridized carbons (Fsp3) is 0.462. The first kappa shape index (κ1) is 13.7. The fourth-order valence-electron chi connectivity index (χ4n) is 1.29. The molecule has 1 atom stereocenters. The van der Waals surface area contributed by atoms with Gasteiger partial charge >= 0.3 is 0 Å². The summed E-state index contributed by atoms with van der Waals surface area (Å²) >= 11 is 0. The Labute approximate surface area is 105 Å². The number of ether oxygens (including phenoxy) is 1. The van der Waals surface area contributed by atoms with Crippen molar-refractivity contribution in [2.24, 2.45) is 0 Å². The minimum atomic E-state index is -0.777. The number of nitrogens with zero attached hydrogens (tertiary/aromatic N) is 1. The predicted octanol–water partition coefficient (Wildman–Crippen LogP) is 2.49. The van der Waals surface area contributed by atoms with Crippen LogP contribution in [-0.2, 0) is 10.8 Å². The smallest absolute Gasteiger partial charge is 0.119 e. The topological polar surface area (TPSA) is 50.1 Å². The van der Waals surface area contributed by atoms with E-state index in [0.717, 1.165) is 24.3 Å². The summed E-state index contributed by atoms with van der Waals surface area (Å²) in [6, 6.07) is 8.99. The molecule has 0 bridgehead atoms. The molecule has 0 radical (unpaired) electrons. The number of nitriles is 1. The minimum Gasteiger partial charge on any atom is -0.493 e. The zero-order chi connectivity index (χ0) is 12.5. The van der Waals surface area contributed by atoms with Crippen LogP contribution in [0.15, 0.2) is 24.3 Å². The molecule has 0 aliphatic heterocycles. The number of hydrogen-bond donors (Lipinski definition) is 0. The van der Waals surface area contributed by atoms with Gasteiger partial charge in [0, 0.05) is 16.6 Å². The molecule has 0 saturated heterocycles. The maximum Gasteiger partial charge on any atom is 0.119 e. The maximum atomic E-state index is 11.5. The van der Waals surface area contributed by atoms with Crippen molar-refractivity contribution in [3.05, 3.63) is 29.8 Å². The standard InChI is InChI=1S/C13H17NO2S/c1-2-3-9-17(15)10-8-16-13-6-4-12(11-14)5-7-13/h4-7H,2-3,8-10H2,1H3. The molecule has 1 aromatic rings. The van der Waals surface area contributed by atoms with Crippen LogP contribution in [0.5, 0.6) is 5.75 Å². The van der Waals surface area contributed by atoms with Crippen LogP contribution < -0.4 is 4.74 Å². The molecule has 0 amide bonds. The second kappa shape index (κ2) is 7.86. The molecule has 4 heteroatoms. The number of benzene rings is 1. The van der Waals surface area contributed by atoms with Crippen LogP contribution in [0.25, 0.3) is 0 Å². The van der Waals surface area contributed by atoms with Crippen LogP contribution in [0.2, 0.25) is 0 Å². The third-order valence-electron chi connectivity index (χ3n) is 2.29. The highest BCUT2D eigenvalue weighted by atomic mass is 32.2. The number of hydrogen-bond acceptors (Lipinski definition) is 3. The van der Waals surface area contributed by atoms with E-state index in [1.165, 1.54) is 0 Å². The largest absolute Gasteiger partial charge is 0.493 e. The van der Waals surface area contributed by atoms with Crippen LogP contribution in [0.4, 0.5) is 0 Å². The van der Waals surface area contributed by atoms with Crippen LogP contribution >= 0.6 is 0 Å². The Hall–Kier alpha value is -1.34. The molecule has 92 valence electrons. The molecule has 0 fully saturated rings. The molecule has 0 aromatic heterocycles. The van der Waals surface area contributed by atoms with Crippen LogP contribution in [0.1, 0.15) is 25.3 Å². The van der Waals surface area contributed by atoms with Crippen LogP contribution in [0, 0.1) is 11.3 Å². The van der Waals surface area contributed by atoms with E-state index in [4.69, 9.17) is 10.00 Å². The van der Waals surface area contributed by atoms with E-state index in [0.29, 0.717) is 17.9 Å². The lowest BCUT2D eigenvalue weighted by Crippen LogP contribution is -2.10. The molecule has 1 unspecified atom stereocenters. The first-order valence-electron chi connectivity index (χ1n) is 5.74. The Morgan fingerprint density at radius 2 is 2.00 bits per heavy atom. The quantitative estimate of drug-likeness (QED) is 0.748. The number of unbranched alkanes of at least 4 members (excludes halogenated alkanes) is 1. The molecule has 0 N–H and O–H groups in total. The Bertz CT molecular complexity index is 395. The van der Waals surface area contributed by atoms with Gasteiger partial charge in [-0.25, -0.2) is 0 Å². The second-order valence-electron chi connectivity index (χ2n) is 3.69. The molecule has 1 aromatic carbocycles. The summed E-state index contributed by atoms with van der Waals surface area (Å²) < 4.78 is 16.9. The summed E-state index contributed by atoms with van der Waals surface area (Å²) in [5, 5.41) is 8.63. The molecular weight excluding hydrogens is 234 g/mol. The van der Waals surface area contributed by atoms with E-state index < -0.39 is 10.8 Å². The zero-order valence-electron chi connectivity index (χ0n) is 10.0.